The van der Waals surface area contributed by atoms with E-state index in [2.05, 4.69) is 4.98 Å². The van der Waals surface area contributed by atoms with Gasteiger partial charge in [-0.25, -0.2) is 0 Å². The number of anilines is 1. The lowest BCUT2D eigenvalue weighted by atomic mass is 9.97. The van der Waals surface area contributed by atoms with Crippen molar-refractivity contribution in [3.8, 4) is 5.75 Å². The number of nitrogens with zero attached hydrogens (tertiary/aromatic N) is 3. The summed E-state index contributed by atoms with van der Waals surface area (Å²) >= 11 is 0. The third kappa shape index (κ3) is 4.34. The van der Waals surface area contributed by atoms with Crippen molar-refractivity contribution in [3.63, 3.8) is 0 Å². The van der Waals surface area contributed by atoms with Crippen LogP contribution in [0.3, 0.4) is 0 Å². The molecule has 2 heterocycles. The number of hydrogen-bond donors (Lipinski definition) is 0. The minimum atomic E-state index is 0.125. The molecular formula is C21H27N3O2. The molecule has 1 aromatic carbocycles. The molecule has 0 atom stereocenters. The SMILES string of the molecule is Cc1cnccc1OCC1CCN(C(=O)c2ccc(N(C)C)cc2)CC1. The van der Waals surface area contributed by atoms with Crippen LogP contribution in [0, 0.1) is 12.8 Å². The van der Waals surface area contributed by atoms with E-state index in [-0.39, 0.29) is 5.91 Å². The number of rotatable bonds is 5. The molecule has 1 aliphatic rings. The first-order chi connectivity index (χ1) is 12.5. The number of aryl methyl sites for hydroxylation is 1. The van der Waals surface area contributed by atoms with Gasteiger partial charge >= 0.3 is 0 Å². The first kappa shape index (κ1) is 18.2. The second kappa shape index (κ2) is 8.21. The van der Waals surface area contributed by atoms with Crippen molar-refractivity contribution in [3.05, 3.63) is 53.9 Å². The number of ether oxygens (including phenoxy) is 1. The molecule has 0 aliphatic carbocycles. The minimum Gasteiger partial charge on any atom is -0.493 e. The number of amides is 1. The van der Waals surface area contributed by atoms with Crippen molar-refractivity contribution in [2.45, 2.75) is 19.8 Å². The Morgan fingerprint density at radius 2 is 1.88 bits per heavy atom. The lowest BCUT2D eigenvalue weighted by molar-refractivity contribution is 0.0661. The number of carbonyl (C=O) groups excluding carboxylic acids is 1. The summed E-state index contributed by atoms with van der Waals surface area (Å²) < 4.78 is 5.94. The molecule has 1 amide bonds. The molecule has 0 N–H and O–H groups in total. The van der Waals surface area contributed by atoms with E-state index in [1.54, 1.807) is 6.20 Å². The van der Waals surface area contributed by atoms with Gasteiger partial charge in [0.1, 0.15) is 5.75 Å². The van der Waals surface area contributed by atoms with Gasteiger partial charge in [0.2, 0.25) is 0 Å². The number of hydrogen-bond acceptors (Lipinski definition) is 4. The van der Waals surface area contributed by atoms with E-state index in [9.17, 15) is 4.79 Å². The number of piperidine rings is 1. The van der Waals surface area contributed by atoms with Crippen LogP contribution in [0.25, 0.3) is 0 Å². The van der Waals surface area contributed by atoms with Crippen LogP contribution in [0.5, 0.6) is 5.75 Å². The van der Waals surface area contributed by atoms with Crippen LogP contribution in [-0.4, -0.2) is 49.6 Å². The molecule has 0 unspecified atom stereocenters. The van der Waals surface area contributed by atoms with E-state index >= 15 is 0 Å². The van der Waals surface area contributed by atoms with E-state index < -0.39 is 0 Å². The van der Waals surface area contributed by atoms with Gasteiger partial charge in [0.15, 0.2) is 0 Å². The van der Waals surface area contributed by atoms with Crippen LogP contribution in [-0.2, 0) is 0 Å². The fourth-order valence-electron chi connectivity index (χ4n) is 3.22. The highest BCUT2D eigenvalue weighted by Gasteiger charge is 2.24. The van der Waals surface area contributed by atoms with Gasteiger partial charge in [-0.15, -0.1) is 0 Å². The predicted molar refractivity (Wildman–Crippen MR) is 104 cm³/mol. The smallest absolute Gasteiger partial charge is 0.253 e. The standard InChI is InChI=1S/C21H27N3O2/c1-16-14-22-11-8-20(16)26-15-17-9-12-24(13-10-17)21(25)18-4-6-19(7-5-18)23(2)3/h4-8,11,14,17H,9-10,12-13,15H2,1-3H3. The number of likely N-dealkylation sites (tertiary alicyclic amines) is 1. The van der Waals surface area contributed by atoms with Crippen LogP contribution in [0.1, 0.15) is 28.8 Å². The Morgan fingerprint density at radius 3 is 2.50 bits per heavy atom. The van der Waals surface area contributed by atoms with E-state index in [1.165, 1.54) is 0 Å². The topological polar surface area (TPSA) is 45.7 Å². The van der Waals surface area contributed by atoms with Crippen molar-refractivity contribution < 1.29 is 9.53 Å². The largest absolute Gasteiger partial charge is 0.493 e. The van der Waals surface area contributed by atoms with Gasteiger partial charge in [0.25, 0.3) is 5.91 Å². The zero-order valence-corrected chi connectivity index (χ0v) is 15.8. The van der Waals surface area contributed by atoms with Crippen LogP contribution in [0.2, 0.25) is 0 Å². The van der Waals surface area contributed by atoms with Crippen LogP contribution < -0.4 is 9.64 Å². The average Bonchev–Trinajstić information content (AvgIpc) is 2.67. The molecule has 1 aliphatic heterocycles. The van der Waals surface area contributed by atoms with Crippen molar-refractivity contribution in [1.29, 1.82) is 0 Å². The number of aromatic nitrogens is 1. The normalized spacial score (nSPS) is 15.0. The fraction of sp³-hybridized carbons (Fsp3) is 0.429. The number of pyridine rings is 1. The molecule has 0 radical (unpaired) electrons. The zero-order valence-electron chi connectivity index (χ0n) is 15.8. The monoisotopic (exact) mass is 353 g/mol. The second-order valence-electron chi connectivity index (χ2n) is 7.13. The van der Waals surface area contributed by atoms with E-state index in [0.717, 1.165) is 48.5 Å². The molecule has 0 spiro atoms. The Hall–Kier alpha value is -2.56. The maximum absolute atomic E-state index is 12.7. The maximum Gasteiger partial charge on any atom is 0.253 e. The van der Waals surface area contributed by atoms with Crippen LogP contribution in [0.15, 0.2) is 42.7 Å². The second-order valence-corrected chi connectivity index (χ2v) is 7.13. The van der Waals surface area contributed by atoms with Gasteiger partial charge in [0.05, 0.1) is 6.61 Å². The minimum absolute atomic E-state index is 0.125. The molecule has 1 aromatic heterocycles. The van der Waals surface area contributed by atoms with Crippen molar-refractivity contribution in [2.24, 2.45) is 5.92 Å². The number of benzene rings is 1. The van der Waals surface area contributed by atoms with Crippen LogP contribution >= 0.6 is 0 Å². The Bertz CT molecular complexity index is 735. The third-order valence-corrected chi connectivity index (χ3v) is 4.98. The Kier molecular flexibility index (Phi) is 5.76. The molecule has 3 rings (SSSR count). The Morgan fingerprint density at radius 1 is 1.19 bits per heavy atom. The maximum atomic E-state index is 12.7. The van der Waals surface area contributed by atoms with Crippen molar-refractivity contribution in [2.75, 3.05) is 38.7 Å². The highest BCUT2D eigenvalue weighted by molar-refractivity contribution is 5.94. The summed E-state index contributed by atoms with van der Waals surface area (Å²) in [6, 6.07) is 9.72. The van der Waals surface area contributed by atoms with Gasteiger partial charge in [-0.05, 0) is 56.0 Å². The summed E-state index contributed by atoms with van der Waals surface area (Å²) in [5.74, 6) is 1.52. The van der Waals surface area contributed by atoms with E-state index in [4.69, 9.17) is 4.74 Å². The summed E-state index contributed by atoms with van der Waals surface area (Å²) in [6.45, 7) is 4.28. The Labute approximate surface area is 155 Å². The molecule has 1 fully saturated rings. The average molecular weight is 353 g/mol. The summed E-state index contributed by atoms with van der Waals surface area (Å²) in [4.78, 5) is 20.8. The predicted octanol–water partition coefficient (Wildman–Crippen LogP) is 3.39. The van der Waals surface area contributed by atoms with E-state index in [1.807, 2.05) is 67.3 Å². The molecule has 26 heavy (non-hydrogen) atoms. The fourth-order valence-corrected chi connectivity index (χ4v) is 3.22. The molecule has 0 bridgehead atoms. The van der Waals surface area contributed by atoms with Crippen molar-refractivity contribution >= 4 is 11.6 Å². The molecule has 1 saturated heterocycles. The third-order valence-electron chi connectivity index (χ3n) is 4.98. The summed E-state index contributed by atoms with van der Waals surface area (Å²) in [7, 11) is 3.99. The summed E-state index contributed by atoms with van der Waals surface area (Å²) in [5, 5.41) is 0. The quantitative estimate of drug-likeness (QED) is 0.827. The van der Waals surface area contributed by atoms with Gasteiger partial charge in [0, 0.05) is 56.4 Å². The molecule has 5 heteroatoms. The lowest BCUT2D eigenvalue weighted by Crippen LogP contribution is -2.39. The van der Waals surface area contributed by atoms with Crippen molar-refractivity contribution in [1.82, 2.24) is 9.88 Å². The zero-order chi connectivity index (χ0) is 18.5. The first-order valence-corrected chi connectivity index (χ1v) is 9.14. The molecule has 5 nitrogen and oxygen atoms in total. The van der Waals surface area contributed by atoms with Gasteiger partial charge < -0.3 is 14.5 Å². The van der Waals surface area contributed by atoms with Gasteiger partial charge in [-0.3, -0.25) is 9.78 Å². The number of carbonyl (C=O) groups is 1. The Balaban J connectivity index is 1.50. The highest BCUT2D eigenvalue weighted by Crippen LogP contribution is 2.22. The molecule has 2 aromatic rings. The van der Waals surface area contributed by atoms with Gasteiger partial charge in [-0.1, -0.05) is 0 Å². The van der Waals surface area contributed by atoms with E-state index in [0.29, 0.717) is 12.5 Å². The highest BCUT2D eigenvalue weighted by atomic mass is 16.5. The van der Waals surface area contributed by atoms with Gasteiger partial charge in [-0.2, -0.15) is 0 Å². The van der Waals surface area contributed by atoms with Crippen LogP contribution in [0.4, 0.5) is 5.69 Å². The summed E-state index contributed by atoms with van der Waals surface area (Å²) in [6.07, 6.45) is 5.53. The lowest BCUT2D eigenvalue weighted by Gasteiger charge is -2.32. The molecule has 0 saturated carbocycles. The molecular weight excluding hydrogens is 326 g/mol. The summed E-state index contributed by atoms with van der Waals surface area (Å²) in [5.41, 5.74) is 2.92. The molecule has 138 valence electrons. The first-order valence-electron chi connectivity index (χ1n) is 9.14.